The van der Waals surface area contributed by atoms with Gasteiger partial charge in [-0.15, -0.1) is 0 Å². The predicted octanol–water partition coefficient (Wildman–Crippen LogP) is 2.13. The van der Waals surface area contributed by atoms with Gasteiger partial charge in [0.15, 0.2) is 0 Å². The van der Waals surface area contributed by atoms with Crippen molar-refractivity contribution < 1.29 is 0 Å². The minimum absolute atomic E-state index is 0.378. The summed E-state index contributed by atoms with van der Waals surface area (Å²) >= 11 is 0. The Labute approximate surface area is 98.6 Å². The highest BCUT2D eigenvalue weighted by molar-refractivity contribution is 6.91. The van der Waals surface area contributed by atoms with Gasteiger partial charge in [-0.05, 0) is 32.0 Å². The molecule has 2 aromatic carbocycles. The van der Waals surface area contributed by atoms with Gasteiger partial charge < -0.3 is 0 Å². The van der Waals surface area contributed by atoms with Crippen molar-refractivity contribution in [3.63, 3.8) is 0 Å². The van der Waals surface area contributed by atoms with Crippen molar-refractivity contribution in [1.82, 2.24) is 0 Å². The lowest BCUT2D eigenvalue weighted by molar-refractivity contribution is 0.724. The number of hydrogen-bond donors (Lipinski definition) is 0. The van der Waals surface area contributed by atoms with Gasteiger partial charge in [0.25, 0.3) is 0 Å². The Balaban J connectivity index is 2.13. The van der Waals surface area contributed by atoms with Gasteiger partial charge in [-0.3, -0.25) is 0 Å². The molecule has 0 bridgehead atoms. The van der Waals surface area contributed by atoms with Crippen LogP contribution in [0.15, 0.2) is 54.6 Å². The smallest absolute Gasteiger partial charge is 0.0621 e. The number of hydrogen-bond acceptors (Lipinski definition) is 0. The summed E-state index contributed by atoms with van der Waals surface area (Å²) in [5, 5.41) is 3.52. The third-order valence-electron chi connectivity index (χ3n) is 3.56. The molecule has 16 heavy (non-hydrogen) atoms. The first-order valence-corrected chi connectivity index (χ1v) is 7.24. The lowest BCUT2D eigenvalue weighted by Gasteiger charge is -2.32. The Morgan fingerprint density at radius 2 is 1.44 bits per heavy atom. The number of rotatable bonds is 1. The molecule has 0 unspecified atom stereocenters. The first kappa shape index (κ1) is 9.85. The van der Waals surface area contributed by atoms with Crippen LogP contribution < -0.4 is 10.4 Å². The van der Waals surface area contributed by atoms with E-state index in [1.54, 1.807) is 10.8 Å². The van der Waals surface area contributed by atoms with Crippen molar-refractivity contribution in [2.45, 2.75) is 18.9 Å². The fourth-order valence-electron chi connectivity index (χ4n) is 2.78. The summed E-state index contributed by atoms with van der Waals surface area (Å²) in [6.45, 7) is 4.77. The van der Waals surface area contributed by atoms with Crippen LogP contribution in [0.5, 0.6) is 0 Å². The van der Waals surface area contributed by atoms with Gasteiger partial charge in [-0.25, -0.2) is 0 Å². The molecule has 0 fully saturated rings. The van der Waals surface area contributed by atoms with Gasteiger partial charge in [-0.1, -0.05) is 36.4 Å². The SMILES string of the molecule is CC1(C)c2ccccc2[Si+]1c1ccccc1. The normalized spacial score (nSPS) is 16.5. The maximum atomic E-state index is 2.39. The summed E-state index contributed by atoms with van der Waals surface area (Å²) in [5.74, 6) is 0. The van der Waals surface area contributed by atoms with E-state index < -0.39 is 8.80 Å². The summed E-state index contributed by atoms with van der Waals surface area (Å²) in [5.41, 5.74) is 1.55. The first-order valence-electron chi connectivity index (χ1n) is 5.74. The third kappa shape index (κ3) is 1.21. The Morgan fingerprint density at radius 3 is 2.19 bits per heavy atom. The van der Waals surface area contributed by atoms with Crippen LogP contribution >= 0.6 is 0 Å². The molecule has 0 N–H and O–H groups in total. The van der Waals surface area contributed by atoms with Gasteiger partial charge >= 0.3 is 8.80 Å². The lowest BCUT2D eigenvalue weighted by atomic mass is 10.0. The van der Waals surface area contributed by atoms with E-state index in [1.807, 2.05) is 0 Å². The largest absolute Gasteiger partial charge is 0.401 e. The van der Waals surface area contributed by atoms with E-state index in [0.717, 1.165) is 0 Å². The highest BCUT2D eigenvalue weighted by Gasteiger charge is 2.61. The zero-order chi connectivity index (χ0) is 11.2. The maximum absolute atomic E-state index is 2.39. The summed E-state index contributed by atoms with van der Waals surface area (Å²) in [4.78, 5) is 0. The van der Waals surface area contributed by atoms with Crippen LogP contribution in [0.3, 0.4) is 0 Å². The number of benzene rings is 2. The van der Waals surface area contributed by atoms with Crippen molar-refractivity contribution >= 4 is 19.2 Å². The second kappa shape index (κ2) is 3.32. The predicted molar refractivity (Wildman–Crippen MR) is 70.9 cm³/mol. The molecule has 1 aliphatic rings. The molecule has 0 aliphatic carbocycles. The van der Waals surface area contributed by atoms with Crippen molar-refractivity contribution in [2.75, 3.05) is 0 Å². The van der Waals surface area contributed by atoms with Crippen LogP contribution in [0.4, 0.5) is 0 Å². The highest BCUT2D eigenvalue weighted by Crippen LogP contribution is 2.33. The summed E-state index contributed by atoms with van der Waals surface area (Å²) in [6.07, 6.45) is 0. The zero-order valence-corrected chi connectivity index (χ0v) is 10.7. The van der Waals surface area contributed by atoms with Gasteiger partial charge in [0.2, 0.25) is 0 Å². The van der Waals surface area contributed by atoms with Crippen molar-refractivity contribution in [3.8, 4) is 0 Å². The molecule has 0 spiro atoms. The van der Waals surface area contributed by atoms with E-state index in [2.05, 4.69) is 68.4 Å². The topological polar surface area (TPSA) is 0 Å². The summed E-state index contributed by atoms with van der Waals surface area (Å²) in [6, 6.07) is 19.9. The van der Waals surface area contributed by atoms with Crippen LogP contribution in [0.2, 0.25) is 0 Å². The highest BCUT2D eigenvalue weighted by atomic mass is 28.3. The molecular formula is C15H15Si+. The second-order valence-corrected chi connectivity index (χ2v) is 8.03. The first-order chi connectivity index (χ1) is 7.71. The standard InChI is InChI=1S/C15H15Si/c1-15(2)13-10-6-7-11-14(13)16(15)12-8-4-3-5-9-12/h3-11H,1-2H3/q+1. The average Bonchev–Trinajstić information content (AvgIpc) is 2.30. The van der Waals surface area contributed by atoms with Gasteiger partial charge in [0.05, 0.1) is 0 Å². The van der Waals surface area contributed by atoms with Crippen LogP contribution in [-0.2, 0) is 5.04 Å². The fourth-order valence-corrected chi connectivity index (χ4v) is 6.24. The van der Waals surface area contributed by atoms with Crippen LogP contribution in [0.25, 0.3) is 0 Å². The lowest BCUT2D eigenvalue weighted by Crippen LogP contribution is -2.67. The van der Waals surface area contributed by atoms with Crippen LogP contribution in [-0.4, -0.2) is 8.80 Å². The molecule has 0 saturated carbocycles. The molecule has 1 heterocycles. The molecule has 0 atom stereocenters. The minimum atomic E-state index is -0.559. The monoisotopic (exact) mass is 223 g/mol. The average molecular weight is 223 g/mol. The fraction of sp³-hybridized carbons (Fsp3) is 0.200. The quantitative estimate of drug-likeness (QED) is 0.650. The van der Waals surface area contributed by atoms with E-state index in [-0.39, 0.29) is 0 Å². The molecule has 1 heteroatoms. The van der Waals surface area contributed by atoms with Crippen LogP contribution in [0.1, 0.15) is 19.4 Å². The van der Waals surface area contributed by atoms with Gasteiger partial charge in [0, 0.05) is 5.56 Å². The second-order valence-electron chi connectivity index (χ2n) is 4.91. The van der Waals surface area contributed by atoms with E-state index in [1.165, 1.54) is 5.19 Å². The molecule has 0 aromatic heterocycles. The molecular weight excluding hydrogens is 208 g/mol. The molecule has 1 aliphatic heterocycles. The molecule has 0 amide bonds. The van der Waals surface area contributed by atoms with E-state index in [0.29, 0.717) is 5.04 Å². The molecule has 0 nitrogen and oxygen atoms in total. The van der Waals surface area contributed by atoms with E-state index in [9.17, 15) is 0 Å². The van der Waals surface area contributed by atoms with E-state index >= 15 is 0 Å². The van der Waals surface area contributed by atoms with Crippen molar-refractivity contribution in [1.29, 1.82) is 0 Å². The summed E-state index contributed by atoms with van der Waals surface area (Å²) in [7, 11) is -0.559. The van der Waals surface area contributed by atoms with E-state index in [4.69, 9.17) is 0 Å². The Hall–Kier alpha value is -1.34. The molecule has 2 aromatic rings. The van der Waals surface area contributed by atoms with Crippen molar-refractivity contribution in [2.24, 2.45) is 0 Å². The van der Waals surface area contributed by atoms with Gasteiger partial charge in [0.1, 0.15) is 15.4 Å². The minimum Gasteiger partial charge on any atom is -0.0621 e. The maximum Gasteiger partial charge on any atom is 0.401 e. The Bertz CT molecular complexity index is 514. The van der Waals surface area contributed by atoms with Crippen molar-refractivity contribution in [3.05, 3.63) is 60.2 Å². The molecule has 78 valence electrons. The Kier molecular flexibility index (Phi) is 2.05. The number of fused-ring (bicyclic) bond motifs is 1. The molecule has 0 saturated heterocycles. The summed E-state index contributed by atoms with van der Waals surface area (Å²) < 4.78 is 0. The van der Waals surface area contributed by atoms with Gasteiger partial charge in [-0.2, -0.15) is 0 Å². The zero-order valence-electron chi connectivity index (χ0n) is 9.70. The third-order valence-corrected chi connectivity index (χ3v) is 6.96. The molecule has 3 rings (SSSR count). The Morgan fingerprint density at radius 1 is 0.812 bits per heavy atom. The van der Waals surface area contributed by atoms with Crippen LogP contribution in [0, 0.1) is 0 Å². The molecule has 0 radical (unpaired) electrons.